The highest BCUT2D eigenvalue weighted by Gasteiger charge is 2.22. The third-order valence-electron chi connectivity index (χ3n) is 5.46. The van der Waals surface area contributed by atoms with E-state index in [1.54, 1.807) is 11.3 Å². The van der Waals surface area contributed by atoms with Crippen LogP contribution >= 0.6 is 11.3 Å². The Morgan fingerprint density at radius 1 is 1.19 bits per heavy atom. The van der Waals surface area contributed by atoms with Gasteiger partial charge in [-0.2, -0.15) is 0 Å². The van der Waals surface area contributed by atoms with Crippen LogP contribution in [0.3, 0.4) is 0 Å². The number of aryl methyl sites for hydroxylation is 1. The van der Waals surface area contributed by atoms with E-state index in [0.717, 1.165) is 30.8 Å². The summed E-state index contributed by atoms with van der Waals surface area (Å²) in [5.74, 6) is 0.0260. The van der Waals surface area contributed by atoms with E-state index in [1.807, 2.05) is 6.07 Å². The van der Waals surface area contributed by atoms with Crippen molar-refractivity contribution in [2.75, 3.05) is 26.2 Å². The van der Waals surface area contributed by atoms with Gasteiger partial charge in [-0.3, -0.25) is 4.79 Å². The van der Waals surface area contributed by atoms with Gasteiger partial charge in [-0.05, 0) is 57.5 Å². The van der Waals surface area contributed by atoms with Crippen LogP contribution in [0.5, 0.6) is 0 Å². The number of likely N-dealkylation sites (tertiary alicyclic amines) is 1. The Morgan fingerprint density at radius 3 is 2.67 bits per heavy atom. The molecule has 1 aromatic carbocycles. The van der Waals surface area contributed by atoms with Gasteiger partial charge in [-0.15, -0.1) is 11.3 Å². The summed E-state index contributed by atoms with van der Waals surface area (Å²) in [6, 6.07) is 14.8. The SMILES string of the molecule is Cc1cc2c(cc(C(=O)NCCN3CCCC3)n2C(C)c2ccccc2)s1. The van der Waals surface area contributed by atoms with Gasteiger partial charge in [0.15, 0.2) is 0 Å². The number of hydrogen-bond donors (Lipinski definition) is 1. The van der Waals surface area contributed by atoms with Crippen molar-refractivity contribution in [2.45, 2.75) is 32.7 Å². The minimum atomic E-state index is 0.0260. The van der Waals surface area contributed by atoms with Crippen molar-refractivity contribution in [3.05, 3.63) is 58.6 Å². The predicted molar refractivity (Wildman–Crippen MR) is 113 cm³/mol. The maximum atomic E-state index is 13.0. The number of rotatable bonds is 6. The van der Waals surface area contributed by atoms with Gasteiger partial charge in [0.25, 0.3) is 5.91 Å². The second-order valence-electron chi connectivity index (χ2n) is 7.40. The van der Waals surface area contributed by atoms with Crippen LogP contribution in [0.2, 0.25) is 0 Å². The summed E-state index contributed by atoms with van der Waals surface area (Å²) in [6.45, 7) is 8.25. The molecule has 1 unspecified atom stereocenters. The van der Waals surface area contributed by atoms with E-state index < -0.39 is 0 Å². The highest BCUT2D eigenvalue weighted by molar-refractivity contribution is 7.19. The van der Waals surface area contributed by atoms with E-state index in [9.17, 15) is 4.79 Å². The fourth-order valence-electron chi connectivity index (χ4n) is 4.03. The van der Waals surface area contributed by atoms with Crippen molar-refractivity contribution in [3.8, 4) is 0 Å². The number of carbonyl (C=O) groups excluding carboxylic acids is 1. The van der Waals surface area contributed by atoms with E-state index in [-0.39, 0.29) is 11.9 Å². The van der Waals surface area contributed by atoms with Gasteiger partial charge in [0.05, 0.1) is 16.3 Å². The third kappa shape index (κ3) is 3.80. The first-order chi connectivity index (χ1) is 13.1. The lowest BCUT2D eigenvalue weighted by Crippen LogP contribution is -2.34. The van der Waals surface area contributed by atoms with Crippen LogP contribution in [0, 0.1) is 6.92 Å². The Morgan fingerprint density at radius 2 is 1.93 bits per heavy atom. The lowest BCUT2D eigenvalue weighted by molar-refractivity contribution is 0.0940. The molecule has 1 saturated heterocycles. The molecule has 3 aromatic rings. The van der Waals surface area contributed by atoms with E-state index in [4.69, 9.17) is 0 Å². The zero-order valence-electron chi connectivity index (χ0n) is 16.1. The Labute approximate surface area is 164 Å². The minimum absolute atomic E-state index is 0.0260. The minimum Gasteiger partial charge on any atom is -0.349 e. The van der Waals surface area contributed by atoms with Crippen LogP contribution in [0.15, 0.2) is 42.5 Å². The van der Waals surface area contributed by atoms with Crippen molar-refractivity contribution in [1.29, 1.82) is 0 Å². The van der Waals surface area contributed by atoms with Crippen LogP contribution in [0.25, 0.3) is 10.2 Å². The van der Waals surface area contributed by atoms with Gasteiger partial charge in [0.2, 0.25) is 0 Å². The molecule has 2 aromatic heterocycles. The maximum Gasteiger partial charge on any atom is 0.268 e. The predicted octanol–water partition coefficient (Wildman–Crippen LogP) is 4.45. The number of benzene rings is 1. The highest BCUT2D eigenvalue weighted by Crippen LogP contribution is 2.33. The fraction of sp³-hybridized carbons (Fsp3) is 0.409. The number of amides is 1. The first-order valence-electron chi connectivity index (χ1n) is 9.80. The van der Waals surface area contributed by atoms with Gasteiger partial charge in [-0.1, -0.05) is 30.3 Å². The Balaban J connectivity index is 1.59. The molecule has 0 bridgehead atoms. The normalized spacial score (nSPS) is 16.1. The number of hydrogen-bond acceptors (Lipinski definition) is 3. The molecule has 5 heteroatoms. The van der Waals surface area contributed by atoms with Gasteiger partial charge in [0, 0.05) is 18.0 Å². The van der Waals surface area contributed by atoms with E-state index in [2.05, 4.69) is 65.0 Å². The van der Waals surface area contributed by atoms with Crippen molar-refractivity contribution in [3.63, 3.8) is 0 Å². The molecule has 3 heterocycles. The fourth-order valence-corrected chi connectivity index (χ4v) is 4.98. The average Bonchev–Trinajstić information content (AvgIpc) is 3.38. The van der Waals surface area contributed by atoms with Crippen LogP contribution in [-0.2, 0) is 0 Å². The van der Waals surface area contributed by atoms with Crippen LogP contribution < -0.4 is 5.32 Å². The van der Waals surface area contributed by atoms with Crippen molar-refractivity contribution in [1.82, 2.24) is 14.8 Å². The zero-order chi connectivity index (χ0) is 18.8. The summed E-state index contributed by atoms with van der Waals surface area (Å²) in [6.07, 6.45) is 2.56. The molecular formula is C22H27N3OS. The molecule has 1 amide bonds. The number of nitrogens with zero attached hydrogens (tertiary/aromatic N) is 2. The van der Waals surface area contributed by atoms with Crippen LogP contribution in [-0.4, -0.2) is 41.6 Å². The molecule has 0 saturated carbocycles. The molecule has 27 heavy (non-hydrogen) atoms. The van der Waals surface area contributed by atoms with Crippen LogP contribution in [0.4, 0.5) is 0 Å². The monoisotopic (exact) mass is 381 g/mol. The molecule has 0 aliphatic carbocycles. The maximum absolute atomic E-state index is 13.0. The number of aromatic nitrogens is 1. The first kappa shape index (κ1) is 18.3. The Hall–Kier alpha value is -2.11. The summed E-state index contributed by atoms with van der Waals surface area (Å²) >= 11 is 1.75. The van der Waals surface area contributed by atoms with E-state index >= 15 is 0 Å². The zero-order valence-corrected chi connectivity index (χ0v) is 16.9. The number of carbonyl (C=O) groups is 1. The van der Waals surface area contributed by atoms with Crippen molar-refractivity contribution < 1.29 is 4.79 Å². The first-order valence-corrected chi connectivity index (χ1v) is 10.6. The van der Waals surface area contributed by atoms with E-state index in [1.165, 1.54) is 28.0 Å². The van der Waals surface area contributed by atoms with Crippen molar-refractivity contribution >= 4 is 27.5 Å². The molecule has 0 radical (unpaired) electrons. The van der Waals surface area contributed by atoms with Gasteiger partial charge < -0.3 is 14.8 Å². The summed E-state index contributed by atoms with van der Waals surface area (Å²) in [5.41, 5.74) is 3.12. The van der Waals surface area contributed by atoms with Gasteiger partial charge >= 0.3 is 0 Å². The van der Waals surface area contributed by atoms with Gasteiger partial charge in [-0.25, -0.2) is 0 Å². The molecule has 4 nitrogen and oxygen atoms in total. The quantitative estimate of drug-likeness (QED) is 0.685. The lowest BCUT2D eigenvalue weighted by Gasteiger charge is -2.19. The summed E-state index contributed by atoms with van der Waals surface area (Å²) in [4.78, 5) is 16.7. The summed E-state index contributed by atoms with van der Waals surface area (Å²) < 4.78 is 3.37. The largest absolute Gasteiger partial charge is 0.349 e. The number of nitrogens with one attached hydrogen (secondary N) is 1. The lowest BCUT2D eigenvalue weighted by atomic mass is 10.1. The van der Waals surface area contributed by atoms with Gasteiger partial charge in [0.1, 0.15) is 5.69 Å². The molecule has 1 N–H and O–H groups in total. The van der Waals surface area contributed by atoms with Crippen LogP contribution in [0.1, 0.15) is 46.7 Å². The highest BCUT2D eigenvalue weighted by atomic mass is 32.1. The summed E-state index contributed by atoms with van der Waals surface area (Å²) in [5, 5.41) is 3.14. The molecule has 4 rings (SSSR count). The van der Waals surface area contributed by atoms with Crippen molar-refractivity contribution in [2.24, 2.45) is 0 Å². The molecule has 1 aliphatic heterocycles. The average molecular weight is 382 g/mol. The Kier molecular flexibility index (Phi) is 5.32. The number of thiophene rings is 1. The number of fused-ring (bicyclic) bond motifs is 1. The molecule has 142 valence electrons. The summed E-state index contributed by atoms with van der Waals surface area (Å²) in [7, 11) is 0. The third-order valence-corrected chi connectivity index (χ3v) is 6.45. The molecular weight excluding hydrogens is 354 g/mol. The smallest absolute Gasteiger partial charge is 0.268 e. The molecule has 1 aliphatic rings. The molecule has 0 spiro atoms. The second kappa shape index (κ2) is 7.87. The standard InChI is InChI=1S/C22H27N3OS/c1-16-14-19-21(27-16)15-20(22(26)23-10-13-24-11-6-7-12-24)25(19)17(2)18-8-4-3-5-9-18/h3-5,8-9,14-15,17H,6-7,10-13H2,1-2H3,(H,23,26). The Bertz CT molecular complexity index is 922. The van der Waals surface area contributed by atoms with E-state index in [0.29, 0.717) is 6.54 Å². The topological polar surface area (TPSA) is 37.3 Å². The molecule has 1 fully saturated rings. The molecule has 1 atom stereocenters. The second-order valence-corrected chi connectivity index (χ2v) is 8.69.